The van der Waals surface area contributed by atoms with Crippen molar-refractivity contribution in [1.82, 2.24) is 0 Å². The monoisotopic (exact) mass is 487 g/mol. The molecule has 0 saturated heterocycles. The van der Waals surface area contributed by atoms with E-state index in [9.17, 15) is 10.5 Å². The highest BCUT2D eigenvalue weighted by Gasteiger charge is 2.42. The molecule has 0 aromatic heterocycles. The highest BCUT2D eigenvalue weighted by molar-refractivity contribution is 8.00. The van der Waals surface area contributed by atoms with E-state index in [1.165, 1.54) is 5.46 Å². The summed E-state index contributed by atoms with van der Waals surface area (Å²) in [4.78, 5) is 4.39. The van der Waals surface area contributed by atoms with E-state index in [1.54, 1.807) is 11.8 Å². The van der Waals surface area contributed by atoms with Crippen molar-refractivity contribution in [2.75, 3.05) is 4.90 Å². The van der Waals surface area contributed by atoms with Crippen LogP contribution in [0.2, 0.25) is 0 Å². The van der Waals surface area contributed by atoms with Gasteiger partial charge in [-0.1, -0.05) is 90.0 Å². The fraction of sp³-hybridized carbons (Fsp3) is 0. The van der Waals surface area contributed by atoms with Crippen LogP contribution in [0, 0.1) is 22.7 Å². The van der Waals surface area contributed by atoms with Crippen LogP contribution in [0.1, 0.15) is 11.1 Å². The first kappa shape index (κ1) is 21.6. The molecule has 0 aliphatic carbocycles. The molecule has 0 fully saturated rings. The van der Waals surface area contributed by atoms with Crippen molar-refractivity contribution in [3.05, 3.63) is 120 Å². The molecule has 0 saturated carbocycles. The highest BCUT2D eigenvalue weighted by atomic mass is 32.2. The summed E-state index contributed by atoms with van der Waals surface area (Å²) in [6.07, 6.45) is 0. The predicted octanol–water partition coefficient (Wildman–Crippen LogP) is 5.86. The van der Waals surface area contributed by atoms with Crippen molar-refractivity contribution >= 4 is 51.9 Å². The fourth-order valence-electron chi connectivity index (χ4n) is 5.64. The van der Waals surface area contributed by atoms with Crippen LogP contribution < -0.4 is 21.3 Å². The topological polar surface area (TPSA) is 50.8 Å². The van der Waals surface area contributed by atoms with Gasteiger partial charge in [-0.25, -0.2) is 0 Å². The average Bonchev–Trinajstić information content (AvgIpc) is 2.97. The Labute approximate surface area is 220 Å². The van der Waals surface area contributed by atoms with Gasteiger partial charge < -0.3 is 4.90 Å². The Bertz CT molecular complexity index is 1790. The van der Waals surface area contributed by atoms with E-state index in [0.717, 1.165) is 48.9 Å². The van der Waals surface area contributed by atoms with E-state index in [-0.39, 0.29) is 6.71 Å². The standard InChI is InChI=1S/C32H18BN3S/c34-19-22-11-7-15-26-31(22)36(25-13-5-2-6-14-25)28-17-24(21-9-3-1-4-10-21)18-29-30(28)33(26)27-16-8-12-23(20-35)32(27)37-29/h1-18H. The molecule has 0 spiro atoms. The second-order valence-electron chi connectivity index (χ2n) is 9.17. The Morgan fingerprint density at radius 2 is 1.32 bits per heavy atom. The number of anilines is 3. The second-order valence-corrected chi connectivity index (χ2v) is 10.2. The summed E-state index contributed by atoms with van der Waals surface area (Å²) in [5.41, 5.74) is 9.97. The van der Waals surface area contributed by atoms with Crippen molar-refractivity contribution in [3.63, 3.8) is 0 Å². The van der Waals surface area contributed by atoms with E-state index in [4.69, 9.17) is 0 Å². The maximum Gasteiger partial charge on any atom is 0.249 e. The Morgan fingerprint density at radius 1 is 0.649 bits per heavy atom. The largest absolute Gasteiger partial charge is 0.310 e. The summed E-state index contributed by atoms with van der Waals surface area (Å²) < 4.78 is 0. The van der Waals surface area contributed by atoms with Crippen LogP contribution in [0.15, 0.2) is 119 Å². The zero-order valence-electron chi connectivity index (χ0n) is 19.7. The SMILES string of the molecule is N#Cc1cccc2c1Sc1cc(-c3ccccc3)cc3c1B2c1cccc(C#N)c1N3c1ccccc1. The molecule has 37 heavy (non-hydrogen) atoms. The molecular weight excluding hydrogens is 469 g/mol. The molecule has 7 rings (SSSR count). The van der Waals surface area contributed by atoms with Gasteiger partial charge in [0.1, 0.15) is 12.1 Å². The molecule has 0 bridgehead atoms. The van der Waals surface area contributed by atoms with Crippen molar-refractivity contribution in [2.24, 2.45) is 0 Å². The van der Waals surface area contributed by atoms with Crippen LogP contribution in [0.4, 0.5) is 17.1 Å². The van der Waals surface area contributed by atoms with Crippen LogP contribution >= 0.6 is 11.8 Å². The van der Waals surface area contributed by atoms with Gasteiger partial charge in [0.2, 0.25) is 6.71 Å². The third kappa shape index (κ3) is 3.22. The molecule has 2 aliphatic heterocycles. The van der Waals surface area contributed by atoms with Crippen molar-refractivity contribution in [3.8, 4) is 23.3 Å². The smallest absolute Gasteiger partial charge is 0.249 e. The van der Waals surface area contributed by atoms with Crippen LogP contribution in [0.25, 0.3) is 11.1 Å². The molecule has 0 radical (unpaired) electrons. The minimum absolute atomic E-state index is 0.0670. The Hall–Kier alpha value is -4.71. The Kier molecular flexibility index (Phi) is 4.93. The molecule has 170 valence electrons. The zero-order chi connectivity index (χ0) is 24.9. The summed E-state index contributed by atoms with van der Waals surface area (Å²) in [5, 5.41) is 20.2. The van der Waals surface area contributed by atoms with E-state index in [1.807, 2.05) is 48.5 Å². The lowest BCUT2D eigenvalue weighted by molar-refractivity contribution is 1.26. The minimum atomic E-state index is -0.0670. The summed E-state index contributed by atoms with van der Waals surface area (Å²) >= 11 is 1.68. The lowest BCUT2D eigenvalue weighted by Gasteiger charge is -2.41. The van der Waals surface area contributed by atoms with Gasteiger partial charge in [-0.05, 0) is 58.5 Å². The van der Waals surface area contributed by atoms with E-state index in [0.29, 0.717) is 11.1 Å². The van der Waals surface area contributed by atoms with Crippen molar-refractivity contribution in [2.45, 2.75) is 9.79 Å². The molecule has 3 nitrogen and oxygen atoms in total. The molecule has 0 N–H and O–H groups in total. The van der Waals surface area contributed by atoms with Gasteiger partial charge in [-0.3, -0.25) is 0 Å². The first-order valence-corrected chi connectivity index (χ1v) is 12.9. The quantitative estimate of drug-likeness (QED) is 0.287. The van der Waals surface area contributed by atoms with Crippen LogP contribution in [-0.2, 0) is 0 Å². The van der Waals surface area contributed by atoms with Gasteiger partial charge in [0, 0.05) is 21.2 Å². The maximum atomic E-state index is 10.2. The normalized spacial score (nSPS) is 12.6. The summed E-state index contributed by atoms with van der Waals surface area (Å²) in [6, 6.07) is 42.0. The third-order valence-corrected chi connectivity index (χ3v) is 8.40. The average molecular weight is 487 g/mol. The number of para-hydroxylation sites is 2. The molecule has 5 aromatic rings. The molecule has 2 heterocycles. The highest BCUT2D eigenvalue weighted by Crippen LogP contribution is 2.45. The first-order chi connectivity index (χ1) is 18.3. The van der Waals surface area contributed by atoms with E-state index < -0.39 is 0 Å². The number of fused-ring (bicyclic) bond motifs is 4. The van der Waals surface area contributed by atoms with Crippen molar-refractivity contribution < 1.29 is 0 Å². The van der Waals surface area contributed by atoms with Gasteiger partial charge in [-0.2, -0.15) is 10.5 Å². The number of nitriles is 2. The van der Waals surface area contributed by atoms with Gasteiger partial charge in [0.15, 0.2) is 0 Å². The molecule has 0 atom stereocenters. The van der Waals surface area contributed by atoms with E-state index >= 15 is 0 Å². The van der Waals surface area contributed by atoms with Crippen molar-refractivity contribution in [1.29, 1.82) is 10.5 Å². The summed E-state index contributed by atoms with van der Waals surface area (Å²) in [7, 11) is 0. The Balaban J connectivity index is 1.62. The van der Waals surface area contributed by atoms with Gasteiger partial charge in [0.05, 0.1) is 16.8 Å². The lowest BCUT2D eigenvalue weighted by atomic mass is 9.34. The molecule has 0 unspecified atom stereocenters. The molecule has 5 aromatic carbocycles. The number of hydrogen-bond donors (Lipinski definition) is 0. The predicted molar refractivity (Wildman–Crippen MR) is 151 cm³/mol. The number of hydrogen-bond acceptors (Lipinski definition) is 4. The maximum absolute atomic E-state index is 10.2. The van der Waals surface area contributed by atoms with Gasteiger partial charge >= 0.3 is 0 Å². The third-order valence-electron chi connectivity index (χ3n) is 7.18. The zero-order valence-corrected chi connectivity index (χ0v) is 20.5. The molecule has 0 amide bonds. The molecule has 2 aliphatic rings. The molecule has 5 heteroatoms. The summed E-state index contributed by atoms with van der Waals surface area (Å²) in [5.74, 6) is 0. The van der Waals surface area contributed by atoms with Crippen LogP contribution in [-0.4, -0.2) is 6.71 Å². The minimum Gasteiger partial charge on any atom is -0.310 e. The first-order valence-electron chi connectivity index (χ1n) is 12.1. The second kappa shape index (κ2) is 8.45. The van der Waals surface area contributed by atoms with Gasteiger partial charge in [0.25, 0.3) is 0 Å². The van der Waals surface area contributed by atoms with E-state index in [2.05, 4.69) is 77.7 Å². The number of nitrogens with zero attached hydrogens (tertiary/aromatic N) is 3. The van der Waals surface area contributed by atoms with Crippen LogP contribution in [0.5, 0.6) is 0 Å². The van der Waals surface area contributed by atoms with Gasteiger partial charge in [-0.15, -0.1) is 0 Å². The fourth-order valence-corrected chi connectivity index (χ4v) is 6.91. The number of rotatable bonds is 2. The Morgan fingerprint density at radius 3 is 2.05 bits per heavy atom. The lowest BCUT2D eigenvalue weighted by Crippen LogP contribution is -2.60. The molecular formula is C32H18BN3S. The number of benzene rings is 5. The van der Waals surface area contributed by atoms with Crippen LogP contribution in [0.3, 0.4) is 0 Å². The summed E-state index contributed by atoms with van der Waals surface area (Å²) in [6.45, 7) is -0.0670.